The first-order valence-electron chi connectivity index (χ1n) is 10.3. The molecule has 2 aliphatic carbocycles. The lowest BCUT2D eigenvalue weighted by Gasteiger charge is -2.48. The molecule has 2 aliphatic rings. The molecule has 0 saturated carbocycles. The van der Waals surface area contributed by atoms with Gasteiger partial charge < -0.3 is 0 Å². The first-order valence-corrected chi connectivity index (χ1v) is 10.3. The van der Waals surface area contributed by atoms with Crippen molar-refractivity contribution < 1.29 is 0 Å². The van der Waals surface area contributed by atoms with Gasteiger partial charge in [0.25, 0.3) is 0 Å². The molecule has 0 spiro atoms. The van der Waals surface area contributed by atoms with Gasteiger partial charge in [0.2, 0.25) is 0 Å². The molecule has 0 N–H and O–H groups in total. The lowest BCUT2D eigenvalue weighted by atomic mass is 9.56. The molecule has 1 aromatic carbocycles. The first-order chi connectivity index (χ1) is 11.5. The Balaban J connectivity index is 2.01. The number of benzene rings is 1. The third kappa shape index (κ3) is 3.35. The van der Waals surface area contributed by atoms with Crippen LogP contribution < -0.4 is 0 Å². The van der Waals surface area contributed by atoms with Crippen LogP contribution >= 0.6 is 0 Å². The van der Waals surface area contributed by atoms with Gasteiger partial charge in [-0.2, -0.15) is 0 Å². The smallest absolute Gasteiger partial charge is 0.00829 e. The molecule has 2 unspecified atom stereocenters. The normalized spacial score (nSPS) is 25.0. The van der Waals surface area contributed by atoms with E-state index in [-0.39, 0.29) is 0 Å². The number of rotatable bonds is 5. The molecule has 0 aliphatic heterocycles. The van der Waals surface area contributed by atoms with Gasteiger partial charge in [-0.05, 0) is 85.0 Å². The van der Waals surface area contributed by atoms with Crippen LogP contribution in [0.4, 0.5) is 0 Å². The maximum atomic E-state index is 2.58. The predicted molar refractivity (Wildman–Crippen MR) is 106 cm³/mol. The third-order valence-electron chi connectivity index (χ3n) is 6.63. The van der Waals surface area contributed by atoms with Gasteiger partial charge in [-0.3, -0.25) is 0 Å². The molecule has 132 valence electrons. The van der Waals surface area contributed by atoms with Gasteiger partial charge in [0, 0.05) is 0 Å². The summed E-state index contributed by atoms with van der Waals surface area (Å²) in [5, 5.41) is 0. The van der Waals surface area contributed by atoms with Crippen LogP contribution in [0.5, 0.6) is 0 Å². The van der Waals surface area contributed by atoms with Crippen molar-refractivity contribution in [2.75, 3.05) is 0 Å². The lowest BCUT2D eigenvalue weighted by Crippen LogP contribution is -2.38. The highest BCUT2D eigenvalue weighted by Crippen LogP contribution is 2.54. The van der Waals surface area contributed by atoms with Crippen LogP contribution in [0, 0.1) is 11.3 Å². The number of allylic oxidation sites excluding steroid dienone is 2. The Morgan fingerprint density at radius 1 is 1.12 bits per heavy atom. The summed E-state index contributed by atoms with van der Waals surface area (Å²) in [5.41, 5.74) is 8.71. The van der Waals surface area contributed by atoms with Crippen molar-refractivity contribution in [3.05, 3.63) is 46.0 Å². The fourth-order valence-corrected chi connectivity index (χ4v) is 5.34. The number of hydrogen-bond acceptors (Lipinski definition) is 0. The molecule has 3 rings (SSSR count). The highest BCUT2D eigenvalue weighted by atomic mass is 14.5. The second-order valence-electron chi connectivity index (χ2n) is 9.01. The van der Waals surface area contributed by atoms with Crippen LogP contribution in [0.25, 0.3) is 0 Å². The van der Waals surface area contributed by atoms with Gasteiger partial charge in [-0.15, -0.1) is 0 Å². The minimum atomic E-state index is 0.432. The Morgan fingerprint density at radius 3 is 2.62 bits per heavy atom. The van der Waals surface area contributed by atoms with Crippen LogP contribution in [-0.4, -0.2) is 0 Å². The largest absolute Gasteiger partial charge is 0.0853 e. The van der Waals surface area contributed by atoms with E-state index in [0.29, 0.717) is 5.41 Å². The molecule has 0 saturated heterocycles. The SMILES string of the molecule is CCCCCc1cc(CC)c2c(c1)CC(C)(C)C1CC=C(C)CC21. The molecule has 0 amide bonds. The second-order valence-corrected chi connectivity index (χ2v) is 9.01. The highest BCUT2D eigenvalue weighted by Gasteiger charge is 2.43. The molecule has 0 radical (unpaired) electrons. The Labute approximate surface area is 149 Å². The van der Waals surface area contributed by atoms with Gasteiger partial charge in [0.05, 0.1) is 0 Å². The second kappa shape index (κ2) is 7.06. The Bertz CT molecular complexity index is 617. The minimum absolute atomic E-state index is 0.432. The monoisotopic (exact) mass is 324 g/mol. The van der Waals surface area contributed by atoms with E-state index in [9.17, 15) is 0 Å². The van der Waals surface area contributed by atoms with Gasteiger partial charge in [0.15, 0.2) is 0 Å². The van der Waals surface area contributed by atoms with Crippen molar-refractivity contribution >= 4 is 0 Å². The van der Waals surface area contributed by atoms with Gasteiger partial charge >= 0.3 is 0 Å². The molecular formula is C24H36. The third-order valence-corrected chi connectivity index (χ3v) is 6.63. The summed E-state index contributed by atoms with van der Waals surface area (Å²) in [4.78, 5) is 0. The number of hydrogen-bond donors (Lipinski definition) is 0. The van der Waals surface area contributed by atoms with Gasteiger partial charge in [0.1, 0.15) is 0 Å². The van der Waals surface area contributed by atoms with E-state index in [1.807, 2.05) is 0 Å². The maximum Gasteiger partial charge on any atom is -0.00829 e. The summed E-state index contributed by atoms with van der Waals surface area (Å²) < 4.78 is 0. The topological polar surface area (TPSA) is 0 Å². The predicted octanol–water partition coefficient (Wildman–Crippen LogP) is 7.00. The number of fused-ring (bicyclic) bond motifs is 3. The molecule has 0 bridgehead atoms. The van der Waals surface area contributed by atoms with E-state index in [1.165, 1.54) is 51.4 Å². The molecule has 0 nitrogen and oxygen atoms in total. The van der Waals surface area contributed by atoms with E-state index in [1.54, 1.807) is 27.8 Å². The van der Waals surface area contributed by atoms with Crippen LogP contribution in [-0.2, 0) is 19.3 Å². The van der Waals surface area contributed by atoms with Crippen LogP contribution in [0.1, 0.15) is 94.9 Å². The summed E-state index contributed by atoms with van der Waals surface area (Å²) in [6, 6.07) is 5.13. The van der Waals surface area contributed by atoms with Crippen molar-refractivity contribution in [3.8, 4) is 0 Å². The number of aryl methyl sites for hydroxylation is 2. The van der Waals surface area contributed by atoms with Crippen molar-refractivity contribution in [2.45, 2.75) is 91.9 Å². The summed E-state index contributed by atoms with van der Waals surface area (Å²) in [6.07, 6.45) is 12.8. The molecule has 24 heavy (non-hydrogen) atoms. The Kier molecular flexibility index (Phi) is 5.23. The zero-order valence-electron chi connectivity index (χ0n) is 16.5. The quantitative estimate of drug-likeness (QED) is 0.404. The van der Waals surface area contributed by atoms with E-state index in [4.69, 9.17) is 0 Å². The van der Waals surface area contributed by atoms with Crippen LogP contribution in [0.2, 0.25) is 0 Å². The zero-order valence-corrected chi connectivity index (χ0v) is 16.5. The zero-order chi connectivity index (χ0) is 17.3. The van der Waals surface area contributed by atoms with Crippen molar-refractivity contribution in [1.82, 2.24) is 0 Å². The molecule has 2 atom stereocenters. The van der Waals surface area contributed by atoms with E-state index in [2.05, 4.69) is 52.8 Å². The van der Waals surface area contributed by atoms with Crippen molar-refractivity contribution in [2.24, 2.45) is 11.3 Å². The fourth-order valence-electron chi connectivity index (χ4n) is 5.34. The standard InChI is InChI=1S/C24H36/c1-6-8-9-10-18-14-19(7-2)23-20(15-18)16-24(4,5)22-12-11-17(3)13-21(22)23/h11,14-15,21-22H,6-10,12-13,16H2,1-5H3. The molecular weight excluding hydrogens is 288 g/mol. The molecule has 0 fully saturated rings. The Morgan fingerprint density at radius 2 is 1.92 bits per heavy atom. The summed E-state index contributed by atoms with van der Waals surface area (Å²) in [6.45, 7) is 12.0. The van der Waals surface area contributed by atoms with Gasteiger partial charge in [-0.25, -0.2) is 0 Å². The van der Waals surface area contributed by atoms with Crippen LogP contribution in [0.15, 0.2) is 23.8 Å². The van der Waals surface area contributed by atoms with E-state index in [0.717, 1.165) is 11.8 Å². The molecule has 0 aromatic heterocycles. The summed E-state index contributed by atoms with van der Waals surface area (Å²) in [7, 11) is 0. The average Bonchev–Trinajstić information content (AvgIpc) is 2.53. The highest BCUT2D eigenvalue weighted by molar-refractivity contribution is 5.46. The van der Waals surface area contributed by atoms with Crippen molar-refractivity contribution in [3.63, 3.8) is 0 Å². The van der Waals surface area contributed by atoms with Crippen molar-refractivity contribution in [1.29, 1.82) is 0 Å². The van der Waals surface area contributed by atoms with E-state index < -0.39 is 0 Å². The summed E-state index contributed by atoms with van der Waals surface area (Å²) in [5.74, 6) is 1.58. The minimum Gasteiger partial charge on any atom is -0.0853 e. The number of unbranched alkanes of at least 4 members (excludes halogenated alkanes) is 2. The molecule has 0 heteroatoms. The first kappa shape index (κ1) is 17.8. The summed E-state index contributed by atoms with van der Waals surface area (Å²) >= 11 is 0. The van der Waals surface area contributed by atoms with Gasteiger partial charge in [-0.1, -0.05) is 64.3 Å². The van der Waals surface area contributed by atoms with Crippen LogP contribution in [0.3, 0.4) is 0 Å². The van der Waals surface area contributed by atoms with E-state index >= 15 is 0 Å². The fraction of sp³-hybridized carbons (Fsp3) is 0.667. The Hall–Kier alpha value is -1.04. The lowest BCUT2D eigenvalue weighted by molar-refractivity contribution is 0.151. The maximum absolute atomic E-state index is 2.58. The molecule has 1 aromatic rings. The molecule has 0 heterocycles. The average molecular weight is 325 g/mol.